The second-order valence-corrected chi connectivity index (χ2v) is 9.37. The summed E-state index contributed by atoms with van der Waals surface area (Å²) >= 11 is 9.47. The van der Waals surface area contributed by atoms with E-state index >= 15 is 0 Å². The number of thioether (sulfide) groups is 1. The fourth-order valence-electron chi connectivity index (χ4n) is 3.42. The SMILES string of the molecule is CSc1cccc2sc(N(CCN3CCOCC3)C(=O)C=Cc3ccccc3Cl)nc12.Cl. The normalized spacial score (nSPS) is 14.6. The van der Waals surface area contributed by atoms with E-state index in [1.165, 1.54) is 0 Å². The smallest absolute Gasteiger partial charge is 0.252 e. The Kier molecular flexibility index (Phi) is 9.40. The predicted octanol–water partition coefficient (Wildman–Crippen LogP) is 5.47. The fourth-order valence-corrected chi connectivity index (χ4v) is 5.27. The van der Waals surface area contributed by atoms with Crippen LogP contribution in [0.3, 0.4) is 0 Å². The molecule has 0 atom stereocenters. The van der Waals surface area contributed by atoms with E-state index in [4.69, 9.17) is 21.3 Å². The third kappa shape index (κ3) is 6.04. The third-order valence-corrected chi connectivity index (χ3v) is 7.30. The highest BCUT2D eigenvalue weighted by Crippen LogP contribution is 2.34. The maximum Gasteiger partial charge on any atom is 0.252 e. The van der Waals surface area contributed by atoms with Gasteiger partial charge in [-0.25, -0.2) is 4.98 Å². The number of benzene rings is 2. The van der Waals surface area contributed by atoms with Crippen LogP contribution in [0.5, 0.6) is 0 Å². The molecule has 0 spiro atoms. The number of halogens is 2. The summed E-state index contributed by atoms with van der Waals surface area (Å²) in [5.41, 5.74) is 1.77. The number of morpholine rings is 1. The lowest BCUT2D eigenvalue weighted by Gasteiger charge is -2.28. The summed E-state index contributed by atoms with van der Waals surface area (Å²) in [5, 5.41) is 1.34. The molecule has 4 rings (SSSR count). The van der Waals surface area contributed by atoms with Crippen molar-refractivity contribution in [1.29, 1.82) is 0 Å². The quantitative estimate of drug-likeness (QED) is 0.312. The van der Waals surface area contributed by atoms with Gasteiger partial charge in [0, 0.05) is 42.2 Å². The van der Waals surface area contributed by atoms with Crippen molar-refractivity contribution in [2.75, 3.05) is 50.5 Å². The van der Waals surface area contributed by atoms with E-state index in [0.29, 0.717) is 11.6 Å². The van der Waals surface area contributed by atoms with Gasteiger partial charge in [0.2, 0.25) is 0 Å². The van der Waals surface area contributed by atoms with Crippen LogP contribution in [0.15, 0.2) is 53.4 Å². The molecule has 2 aromatic carbocycles. The zero-order valence-corrected chi connectivity index (χ0v) is 20.9. The molecule has 3 aromatic rings. The number of hydrogen-bond acceptors (Lipinski definition) is 6. The number of hydrogen-bond donors (Lipinski definition) is 0. The number of amides is 1. The van der Waals surface area contributed by atoms with Crippen molar-refractivity contribution in [1.82, 2.24) is 9.88 Å². The number of anilines is 1. The zero-order valence-electron chi connectivity index (χ0n) is 17.7. The van der Waals surface area contributed by atoms with Gasteiger partial charge >= 0.3 is 0 Å². The van der Waals surface area contributed by atoms with Gasteiger partial charge in [-0.3, -0.25) is 14.6 Å². The Hall–Kier alpha value is -1.61. The second-order valence-electron chi connectivity index (χ2n) is 7.10. The molecule has 0 bridgehead atoms. The third-order valence-electron chi connectivity index (χ3n) is 5.14. The molecule has 1 saturated heterocycles. The van der Waals surface area contributed by atoms with Gasteiger partial charge in [-0.2, -0.15) is 0 Å². The second kappa shape index (κ2) is 12.0. The van der Waals surface area contributed by atoms with Gasteiger partial charge in [-0.05, 0) is 36.1 Å². The number of thiazole rings is 1. The van der Waals surface area contributed by atoms with Crippen molar-refractivity contribution in [3.63, 3.8) is 0 Å². The van der Waals surface area contributed by atoms with Crippen LogP contribution in [-0.4, -0.2) is 61.4 Å². The summed E-state index contributed by atoms with van der Waals surface area (Å²) in [5.74, 6) is -0.0991. The number of carbonyl (C=O) groups is 1. The molecule has 0 unspecified atom stereocenters. The van der Waals surface area contributed by atoms with E-state index in [-0.39, 0.29) is 18.3 Å². The highest BCUT2D eigenvalue weighted by Gasteiger charge is 2.21. The average Bonchev–Trinajstić information content (AvgIpc) is 3.23. The minimum Gasteiger partial charge on any atom is -0.379 e. The monoisotopic (exact) mass is 509 g/mol. The number of aromatic nitrogens is 1. The molecule has 0 radical (unpaired) electrons. The van der Waals surface area contributed by atoms with Gasteiger partial charge in [0.15, 0.2) is 5.13 Å². The van der Waals surface area contributed by atoms with E-state index < -0.39 is 0 Å². The van der Waals surface area contributed by atoms with Gasteiger partial charge in [0.1, 0.15) is 0 Å². The minimum atomic E-state index is -0.0991. The summed E-state index contributed by atoms with van der Waals surface area (Å²) in [6, 6.07) is 13.7. The largest absolute Gasteiger partial charge is 0.379 e. The molecule has 2 heterocycles. The van der Waals surface area contributed by atoms with E-state index in [2.05, 4.69) is 17.0 Å². The summed E-state index contributed by atoms with van der Waals surface area (Å²) < 4.78 is 6.53. The summed E-state index contributed by atoms with van der Waals surface area (Å²) in [6.07, 6.45) is 5.40. The van der Waals surface area contributed by atoms with Crippen LogP contribution in [0.25, 0.3) is 16.3 Å². The Morgan fingerprint density at radius 3 is 2.78 bits per heavy atom. The number of carbonyl (C=O) groups excluding carboxylic acids is 1. The van der Waals surface area contributed by atoms with Crippen molar-refractivity contribution in [3.8, 4) is 0 Å². The standard InChI is InChI=1S/C23H24ClN3O2S2.ClH/c1-30-19-7-4-8-20-22(19)25-23(31-20)27(12-11-26-13-15-29-16-14-26)21(28)10-9-17-5-2-3-6-18(17)24;/h2-10H,11-16H2,1H3;1H. The molecule has 32 heavy (non-hydrogen) atoms. The van der Waals surface area contributed by atoms with Gasteiger partial charge in [-0.15, -0.1) is 24.2 Å². The molecule has 170 valence electrons. The van der Waals surface area contributed by atoms with E-state index in [1.807, 2.05) is 36.6 Å². The lowest BCUT2D eigenvalue weighted by molar-refractivity contribution is -0.114. The first kappa shape index (κ1) is 25.0. The molecular formula is C23H25Cl2N3O2S2. The first-order valence-corrected chi connectivity index (χ1v) is 12.6. The van der Waals surface area contributed by atoms with E-state index in [0.717, 1.165) is 58.7 Å². The Morgan fingerprint density at radius 1 is 1.25 bits per heavy atom. The lowest BCUT2D eigenvalue weighted by Crippen LogP contribution is -2.42. The number of nitrogens with zero attached hydrogens (tertiary/aromatic N) is 3. The molecule has 1 fully saturated rings. The van der Waals surface area contributed by atoms with E-state index in [9.17, 15) is 4.79 Å². The Labute approximate surface area is 207 Å². The summed E-state index contributed by atoms with van der Waals surface area (Å²) in [6.45, 7) is 4.58. The molecule has 0 saturated carbocycles. The fraction of sp³-hybridized carbons (Fsp3) is 0.304. The topological polar surface area (TPSA) is 45.7 Å². The Balaban J connectivity index is 0.00000289. The molecule has 1 aromatic heterocycles. The average molecular weight is 511 g/mol. The van der Waals surface area contributed by atoms with Gasteiger partial charge < -0.3 is 4.74 Å². The lowest BCUT2D eigenvalue weighted by atomic mass is 10.2. The highest BCUT2D eigenvalue weighted by molar-refractivity contribution is 7.98. The van der Waals surface area contributed by atoms with Crippen molar-refractivity contribution < 1.29 is 9.53 Å². The van der Waals surface area contributed by atoms with Crippen LogP contribution in [0.1, 0.15) is 5.56 Å². The van der Waals surface area contributed by atoms with Crippen molar-refractivity contribution in [2.45, 2.75) is 4.90 Å². The number of para-hydroxylation sites is 1. The first-order valence-electron chi connectivity index (χ1n) is 10.1. The molecule has 1 aliphatic rings. The van der Waals surface area contributed by atoms with Crippen LogP contribution in [-0.2, 0) is 9.53 Å². The summed E-state index contributed by atoms with van der Waals surface area (Å²) in [4.78, 5) is 23.3. The van der Waals surface area contributed by atoms with Crippen LogP contribution >= 0.6 is 47.1 Å². The number of ether oxygens (including phenoxy) is 1. The molecule has 1 aliphatic heterocycles. The highest BCUT2D eigenvalue weighted by atomic mass is 35.5. The van der Waals surface area contributed by atoms with E-state index in [1.54, 1.807) is 40.2 Å². The number of rotatable bonds is 7. The molecule has 1 amide bonds. The minimum absolute atomic E-state index is 0. The molecule has 9 heteroatoms. The maximum atomic E-state index is 13.2. The number of fused-ring (bicyclic) bond motifs is 1. The summed E-state index contributed by atoms with van der Waals surface area (Å²) in [7, 11) is 0. The van der Waals surface area contributed by atoms with Crippen LogP contribution in [0.4, 0.5) is 5.13 Å². The van der Waals surface area contributed by atoms with Crippen molar-refractivity contribution in [3.05, 3.63) is 59.1 Å². The molecule has 5 nitrogen and oxygen atoms in total. The molecular weight excluding hydrogens is 485 g/mol. The molecule has 0 aliphatic carbocycles. The first-order chi connectivity index (χ1) is 15.2. The van der Waals surface area contributed by atoms with Crippen LogP contribution < -0.4 is 4.90 Å². The van der Waals surface area contributed by atoms with Crippen LogP contribution in [0.2, 0.25) is 5.02 Å². The van der Waals surface area contributed by atoms with Crippen molar-refractivity contribution in [2.24, 2.45) is 0 Å². The maximum absolute atomic E-state index is 13.2. The Morgan fingerprint density at radius 2 is 2.03 bits per heavy atom. The molecule has 0 N–H and O–H groups in total. The van der Waals surface area contributed by atoms with Crippen molar-refractivity contribution >= 4 is 74.4 Å². The van der Waals surface area contributed by atoms with Gasteiger partial charge in [0.05, 0.1) is 23.4 Å². The Bertz CT molecular complexity index is 1080. The van der Waals surface area contributed by atoms with Gasteiger partial charge in [0.25, 0.3) is 5.91 Å². The predicted molar refractivity (Wildman–Crippen MR) is 139 cm³/mol. The van der Waals surface area contributed by atoms with Gasteiger partial charge in [-0.1, -0.05) is 47.2 Å². The zero-order chi connectivity index (χ0) is 21.6. The van der Waals surface area contributed by atoms with Crippen LogP contribution in [0, 0.1) is 0 Å².